The summed E-state index contributed by atoms with van der Waals surface area (Å²) in [5, 5.41) is 0. The SMILES string of the molecule is [B][C@@H]1O[C@H](COP(O)(=S)C2C(C(C)(C)C)[C@H]([B])O[C@@H]2C(C)(C)C)[C@H](C)C1CC. The molecule has 2 saturated heterocycles. The Bertz CT molecular complexity index is 592. The lowest BCUT2D eigenvalue weighted by Crippen LogP contribution is -2.42. The summed E-state index contributed by atoms with van der Waals surface area (Å²) in [6.45, 7) is 13.9. The van der Waals surface area contributed by atoms with E-state index in [0.717, 1.165) is 6.42 Å². The van der Waals surface area contributed by atoms with Crippen LogP contribution >= 0.6 is 6.49 Å². The summed E-state index contributed by atoms with van der Waals surface area (Å²) in [6.07, 6.45) is 0.525. The average molecular weight is 426 g/mol. The summed E-state index contributed by atoms with van der Waals surface area (Å²) in [5.74, 6) is 0.451. The Hall–Kier alpha value is 0.620. The van der Waals surface area contributed by atoms with Gasteiger partial charge in [0.1, 0.15) is 15.7 Å². The van der Waals surface area contributed by atoms with Gasteiger partial charge in [-0.1, -0.05) is 61.8 Å². The molecule has 0 aromatic carbocycles. The predicted octanol–water partition coefficient (Wildman–Crippen LogP) is 3.83. The highest BCUT2D eigenvalue weighted by molar-refractivity contribution is 8.09. The van der Waals surface area contributed by atoms with Gasteiger partial charge in [-0.3, -0.25) is 0 Å². The lowest BCUT2D eigenvalue weighted by Gasteiger charge is -2.41. The minimum atomic E-state index is -3.20. The van der Waals surface area contributed by atoms with Crippen LogP contribution in [0.4, 0.5) is 0 Å². The van der Waals surface area contributed by atoms with Crippen molar-refractivity contribution in [2.45, 2.75) is 91.7 Å². The van der Waals surface area contributed by atoms with Crippen molar-refractivity contribution in [2.75, 3.05) is 6.61 Å². The highest BCUT2D eigenvalue weighted by Crippen LogP contribution is 2.62. The standard InChI is InChI=1S/C20H37B2O4PS/c1-9-12-11(2)13(25-17(12)21)10-24-27(23,28)15-14(19(3,4)5)18(22)26-16(15)20(6,7)8/h11-18H,9-10H2,1-8H3,(H,23,28)/t11-,12?,13-,14?,15?,16+,17-,18-,27?/m1/s1. The van der Waals surface area contributed by atoms with E-state index in [0.29, 0.717) is 0 Å². The third-order valence-electron chi connectivity index (χ3n) is 6.48. The van der Waals surface area contributed by atoms with Gasteiger partial charge in [-0.25, -0.2) is 0 Å². The summed E-state index contributed by atoms with van der Waals surface area (Å²) < 4.78 is 18.1. The van der Waals surface area contributed by atoms with Crippen molar-refractivity contribution < 1.29 is 18.9 Å². The lowest BCUT2D eigenvalue weighted by atomic mass is 9.69. The first-order valence-electron chi connectivity index (χ1n) is 10.4. The van der Waals surface area contributed by atoms with Gasteiger partial charge in [-0.05, 0) is 40.4 Å². The van der Waals surface area contributed by atoms with Crippen molar-refractivity contribution in [1.82, 2.24) is 0 Å². The van der Waals surface area contributed by atoms with E-state index in [-0.39, 0.29) is 59.1 Å². The molecule has 0 aliphatic carbocycles. The molecule has 0 aromatic rings. The van der Waals surface area contributed by atoms with Crippen molar-refractivity contribution in [3.05, 3.63) is 0 Å². The Labute approximate surface area is 179 Å². The minimum absolute atomic E-state index is 0.0971. The summed E-state index contributed by atoms with van der Waals surface area (Å²) in [5.41, 5.74) is -0.719. The van der Waals surface area contributed by atoms with E-state index in [1.54, 1.807) is 0 Å². The topological polar surface area (TPSA) is 47.9 Å². The second-order valence-corrected chi connectivity index (χ2v) is 14.3. The maximum absolute atomic E-state index is 11.4. The second-order valence-electron chi connectivity index (χ2n) is 10.7. The predicted molar refractivity (Wildman–Crippen MR) is 120 cm³/mol. The third-order valence-corrected chi connectivity index (χ3v) is 9.39. The summed E-state index contributed by atoms with van der Waals surface area (Å²) in [4.78, 5) is 11.4. The van der Waals surface area contributed by atoms with E-state index in [1.807, 2.05) is 0 Å². The van der Waals surface area contributed by atoms with Gasteiger partial charge in [0.2, 0.25) is 0 Å². The monoisotopic (exact) mass is 426 g/mol. The fraction of sp³-hybridized carbons (Fsp3) is 1.00. The van der Waals surface area contributed by atoms with E-state index in [2.05, 4.69) is 55.4 Å². The van der Waals surface area contributed by atoms with Crippen LogP contribution < -0.4 is 0 Å². The smallest absolute Gasteiger partial charge is 0.192 e. The molecule has 2 aliphatic rings. The van der Waals surface area contributed by atoms with Crippen molar-refractivity contribution in [1.29, 1.82) is 0 Å². The van der Waals surface area contributed by atoms with Crippen LogP contribution in [-0.4, -0.2) is 57.1 Å². The molecule has 2 fully saturated rings. The number of ether oxygens (including phenoxy) is 2. The van der Waals surface area contributed by atoms with Crippen molar-refractivity contribution >= 4 is 34.0 Å². The molecule has 8 heteroatoms. The van der Waals surface area contributed by atoms with Crippen LogP contribution in [0.1, 0.15) is 61.8 Å². The van der Waals surface area contributed by atoms with Gasteiger partial charge >= 0.3 is 0 Å². The van der Waals surface area contributed by atoms with Crippen LogP contribution in [0.3, 0.4) is 0 Å². The molecule has 2 rings (SSSR count). The molecule has 4 unspecified atom stereocenters. The van der Waals surface area contributed by atoms with Gasteiger partial charge in [0.05, 0.1) is 24.5 Å². The van der Waals surface area contributed by atoms with Crippen LogP contribution in [0, 0.1) is 28.6 Å². The van der Waals surface area contributed by atoms with Crippen molar-refractivity contribution in [2.24, 2.45) is 28.6 Å². The fourth-order valence-electron chi connectivity index (χ4n) is 4.88. The molecular weight excluding hydrogens is 389 g/mol. The largest absolute Gasteiger partial charge is 0.383 e. The molecule has 4 radical (unpaired) electrons. The molecule has 2 heterocycles. The van der Waals surface area contributed by atoms with Gasteiger partial charge in [-0.2, -0.15) is 0 Å². The van der Waals surface area contributed by atoms with E-state index in [1.165, 1.54) is 0 Å². The van der Waals surface area contributed by atoms with Crippen LogP contribution in [-0.2, 0) is 25.8 Å². The molecule has 9 atom stereocenters. The fourth-order valence-corrected chi connectivity index (χ4v) is 8.20. The third kappa shape index (κ3) is 5.08. The molecular formula is C20H37B2O4PS. The van der Waals surface area contributed by atoms with E-state index in [9.17, 15) is 4.89 Å². The molecule has 28 heavy (non-hydrogen) atoms. The van der Waals surface area contributed by atoms with E-state index >= 15 is 0 Å². The summed E-state index contributed by atoms with van der Waals surface area (Å²) >= 11 is 5.73. The average Bonchev–Trinajstić information content (AvgIpc) is 3.02. The molecule has 0 bridgehead atoms. The molecule has 4 nitrogen and oxygen atoms in total. The maximum atomic E-state index is 11.4. The Kier molecular flexibility index (Phi) is 7.67. The maximum Gasteiger partial charge on any atom is 0.192 e. The zero-order chi connectivity index (χ0) is 21.7. The molecule has 0 saturated carbocycles. The Morgan fingerprint density at radius 2 is 1.61 bits per heavy atom. The van der Waals surface area contributed by atoms with Crippen molar-refractivity contribution in [3.63, 3.8) is 0 Å². The molecule has 2 aliphatic heterocycles. The Morgan fingerprint density at radius 3 is 2.04 bits per heavy atom. The number of rotatable bonds is 5. The quantitative estimate of drug-likeness (QED) is 0.535. The van der Waals surface area contributed by atoms with Crippen LogP contribution in [0.15, 0.2) is 0 Å². The second kappa shape index (κ2) is 8.63. The first-order chi connectivity index (χ1) is 12.6. The minimum Gasteiger partial charge on any atom is -0.383 e. The Balaban J connectivity index is 2.23. The molecule has 158 valence electrons. The normalized spacial score (nSPS) is 41.9. The van der Waals surface area contributed by atoms with Gasteiger partial charge < -0.3 is 18.9 Å². The zero-order valence-electron chi connectivity index (χ0n) is 18.7. The zero-order valence-corrected chi connectivity index (χ0v) is 20.4. The van der Waals surface area contributed by atoms with Crippen LogP contribution in [0.25, 0.3) is 0 Å². The van der Waals surface area contributed by atoms with Gasteiger partial charge in [0, 0.05) is 12.0 Å². The number of hydrogen-bond acceptors (Lipinski definition) is 4. The van der Waals surface area contributed by atoms with Gasteiger partial charge in [0.25, 0.3) is 0 Å². The summed E-state index contributed by atoms with van der Waals surface area (Å²) in [6, 6.07) is -0.773. The first-order valence-corrected chi connectivity index (χ1v) is 13.1. The van der Waals surface area contributed by atoms with Gasteiger partial charge in [-0.15, -0.1) is 0 Å². The molecule has 1 N–H and O–H groups in total. The Morgan fingerprint density at radius 1 is 1.04 bits per heavy atom. The van der Waals surface area contributed by atoms with Crippen molar-refractivity contribution in [3.8, 4) is 0 Å². The van der Waals surface area contributed by atoms with Crippen LogP contribution in [0.2, 0.25) is 0 Å². The molecule has 0 amide bonds. The van der Waals surface area contributed by atoms with E-state index < -0.39 is 12.5 Å². The highest BCUT2D eigenvalue weighted by atomic mass is 32.5. The van der Waals surface area contributed by atoms with Crippen LogP contribution in [0.5, 0.6) is 0 Å². The molecule has 0 aromatic heterocycles. The van der Waals surface area contributed by atoms with E-state index in [4.69, 9.17) is 41.5 Å². The number of hydrogen-bond donors (Lipinski definition) is 1. The lowest BCUT2D eigenvalue weighted by molar-refractivity contribution is 0.00613. The first kappa shape index (κ1) is 24.9. The molecule has 0 spiro atoms. The highest BCUT2D eigenvalue weighted by Gasteiger charge is 2.56. The summed E-state index contributed by atoms with van der Waals surface area (Å²) in [7, 11) is 12.5. The van der Waals surface area contributed by atoms with Gasteiger partial charge in [0.15, 0.2) is 6.49 Å².